The maximum atomic E-state index is 4.26. The largest absolute Gasteiger partial charge is 0.305 e. The van der Waals surface area contributed by atoms with Gasteiger partial charge in [0, 0.05) is 25.3 Å². The molecule has 3 aliphatic rings. The number of nitrogens with one attached hydrogen (secondary N) is 1. The van der Waals surface area contributed by atoms with Crippen LogP contribution in [0.1, 0.15) is 37.9 Å². The molecule has 1 heterocycles. The fraction of sp³-hybridized carbons (Fsp3) is 0.786. The lowest BCUT2D eigenvalue weighted by atomic mass is 10.0. The van der Waals surface area contributed by atoms with Gasteiger partial charge in [0.1, 0.15) is 0 Å². The first-order chi connectivity index (χ1) is 8.25. The highest BCUT2D eigenvalue weighted by molar-refractivity contribution is 5.18. The smallest absolute Gasteiger partial charge is 0.0547 e. The van der Waals surface area contributed by atoms with E-state index in [0.717, 1.165) is 29.7 Å². The third-order valence-corrected chi connectivity index (χ3v) is 5.48. The Balaban J connectivity index is 1.45. The summed E-state index contributed by atoms with van der Waals surface area (Å²) in [6.45, 7) is 2.27. The molecule has 0 aromatic carbocycles. The summed E-state index contributed by atoms with van der Waals surface area (Å²) < 4.78 is 1.99. The molecule has 3 nitrogen and oxygen atoms in total. The molecule has 5 unspecified atom stereocenters. The minimum absolute atomic E-state index is 0.442. The topological polar surface area (TPSA) is 29.9 Å². The Morgan fingerprint density at radius 2 is 2.06 bits per heavy atom. The van der Waals surface area contributed by atoms with Crippen molar-refractivity contribution in [3.63, 3.8) is 0 Å². The zero-order valence-electron chi connectivity index (χ0n) is 10.6. The van der Waals surface area contributed by atoms with Crippen LogP contribution in [-0.2, 0) is 7.05 Å². The van der Waals surface area contributed by atoms with E-state index in [-0.39, 0.29) is 0 Å². The van der Waals surface area contributed by atoms with Gasteiger partial charge in [-0.15, -0.1) is 0 Å². The Bertz CT molecular complexity index is 422. The highest BCUT2D eigenvalue weighted by Gasteiger charge is 2.64. The molecule has 1 aromatic rings. The third-order valence-electron chi connectivity index (χ3n) is 5.48. The number of aryl methyl sites for hydroxylation is 1. The SMILES string of the molecule is CC(NC1C2C3CCC(C3)C12)c1ccnn1C. The fourth-order valence-electron chi connectivity index (χ4n) is 4.73. The molecule has 0 spiro atoms. The number of hydrogen-bond acceptors (Lipinski definition) is 2. The van der Waals surface area contributed by atoms with Gasteiger partial charge in [0.05, 0.1) is 5.69 Å². The van der Waals surface area contributed by atoms with Crippen LogP contribution in [0.4, 0.5) is 0 Å². The first-order valence-electron chi connectivity index (χ1n) is 6.99. The van der Waals surface area contributed by atoms with Crippen LogP contribution in [0.2, 0.25) is 0 Å². The molecule has 1 N–H and O–H groups in total. The minimum Gasteiger partial charge on any atom is -0.305 e. The van der Waals surface area contributed by atoms with Crippen molar-refractivity contribution < 1.29 is 0 Å². The predicted molar refractivity (Wildman–Crippen MR) is 66.4 cm³/mol. The van der Waals surface area contributed by atoms with Crippen molar-refractivity contribution in [2.24, 2.45) is 30.7 Å². The lowest BCUT2D eigenvalue weighted by Crippen LogP contribution is -2.27. The van der Waals surface area contributed by atoms with Gasteiger partial charge in [0.2, 0.25) is 0 Å². The van der Waals surface area contributed by atoms with E-state index in [1.165, 1.54) is 25.0 Å². The van der Waals surface area contributed by atoms with Gasteiger partial charge < -0.3 is 5.32 Å². The van der Waals surface area contributed by atoms with Crippen LogP contribution in [-0.4, -0.2) is 15.8 Å². The molecule has 0 saturated heterocycles. The first kappa shape index (κ1) is 10.1. The number of fused-ring (bicyclic) bond motifs is 5. The van der Waals surface area contributed by atoms with Crippen LogP contribution < -0.4 is 5.32 Å². The van der Waals surface area contributed by atoms with Crippen molar-refractivity contribution in [3.8, 4) is 0 Å². The van der Waals surface area contributed by atoms with Crippen LogP contribution >= 0.6 is 0 Å². The monoisotopic (exact) mass is 231 g/mol. The predicted octanol–water partition coefficient (Wildman–Crippen LogP) is 2.12. The summed E-state index contributed by atoms with van der Waals surface area (Å²) in [6, 6.07) is 3.38. The second kappa shape index (κ2) is 3.35. The summed E-state index contributed by atoms with van der Waals surface area (Å²) >= 11 is 0. The summed E-state index contributed by atoms with van der Waals surface area (Å²) in [5.41, 5.74) is 1.31. The van der Waals surface area contributed by atoms with Gasteiger partial charge in [0.25, 0.3) is 0 Å². The van der Waals surface area contributed by atoms with E-state index in [4.69, 9.17) is 0 Å². The third kappa shape index (κ3) is 1.35. The zero-order valence-corrected chi connectivity index (χ0v) is 10.6. The average Bonchev–Trinajstić information content (AvgIpc) is 2.76. The number of aromatic nitrogens is 2. The fourth-order valence-corrected chi connectivity index (χ4v) is 4.73. The van der Waals surface area contributed by atoms with Gasteiger partial charge in [-0.1, -0.05) is 0 Å². The maximum Gasteiger partial charge on any atom is 0.0547 e. The highest BCUT2D eigenvalue weighted by atomic mass is 15.3. The Labute approximate surface area is 103 Å². The quantitative estimate of drug-likeness (QED) is 0.863. The molecular formula is C14H21N3. The van der Waals surface area contributed by atoms with Gasteiger partial charge >= 0.3 is 0 Å². The van der Waals surface area contributed by atoms with E-state index in [0.29, 0.717) is 6.04 Å². The standard InChI is InChI=1S/C14H21N3/c1-8(11-5-6-15-17(11)2)16-14-12-9-3-4-10(7-9)13(12)14/h5-6,8-10,12-14,16H,3-4,7H2,1-2H3. The van der Waals surface area contributed by atoms with Crippen LogP contribution in [0.5, 0.6) is 0 Å². The van der Waals surface area contributed by atoms with Crippen molar-refractivity contribution in [2.45, 2.75) is 38.3 Å². The normalized spacial score (nSPS) is 43.8. The molecule has 3 saturated carbocycles. The van der Waals surface area contributed by atoms with Gasteiger partial charge in [-0.3, -0.25) is 4.68 Å². The second-order valence-electron chi connectivity index (χ2n) is 6.28. The molecule has 92 valence electrons. The molecule has 17 heavy (non-hydrogen) atoms. The van der Waals surface area contributed by atoms with Gasteiger partial charge in [-0.05, 0) is 55.9 Å². The van der Waals surface area contributed by atoms with E-state index >= 15 is 0 Å². The number of nitrogens with zero attached hydrogens (tertiary/aromatic N) is 2. The Hall–Kier alpha value is -0.830. The van der Waals surface area contributed by atoms with Crippen LogP contribution in [0.15, 0.2) is 12.3 Å². The Morgan fingerprint density at radius 3 is 2.65 bits per heavy atom. The second-order valence-corrected chi connectivity index (χ2v) is 6.28. The first-order valence-corrected chi connectivity index (χ1v) is 6.99. The molecule has 2 bridgehead atoms. The van der Waals surface area contributed by atoms with Crippen molar-refractivity contribution >= 4 is 0 Å². The molecule has 3 fully saturated rings. The van der Waals surface area contributed by atoms with Gasteiger partial charge in [-0.25, -0.2) is 0 Å². The molecule has 0 aliphatic heterocycles. The Kier molecular flexibility index (Phi) is 1.99. The summed E-state index contributed by atoms with van der Waals surface area (Å²) in [6.07, 6.45) is 6.44. The zero-order chi connectivity index (χ0) is 11.6. The molecule has 0 amide bonds. The number of hydrogen-bond donors (Lipinski definition) is 1. The van der Waals surface area contributed by atoms with Crippen molar-refractivity contribution in [1.82, 2.24) is 15.1 Å². The average molecular weight is 231 g/mol. The van der Waals surface area contributed by atoms with Gasteiger partial charge in [0.15, 0.2) is 0 Å². The molecule has 4 rings (SSSR count). The summed E-state index contributed by atoms with van der Waals surface area (Å²) in [5.74, 6) is 4.15. The van der Waals surface area contributed by atoms with E-state index < -0.39 is 0 Å². The summed E-state index contributed by atoms with van der Waals surface area (Å²) in [4.78, 5) is 0. The minimum atomic E-state index is 0.442. The summed E-state index contributed by atoms with van der Waals surface area (Å²) in [7, 11) is 2.03. The molecular weight excluding hydrogens is 210 g/mol. The van der Waals surface area contributed by atoms with Crippen molar-refractivity contribution in [1.29, 1.82) is 0 Å². The van der Waals surface area contributed by atoms with E-state index in [2.05, 4.69) is 23.4 Å². The lowest BCUT2D eigenvalue weighted by molar-refractivity contribution is 0.423. The van der Waals surface area contributed by atoms with E-state index in [9.17, 15) is 0 Å². The van der Waals surface area contributed by atoms with Crippen molar-refractivity contribution in [2.75, 3.05) is 0 Å². The van der Waals surface area contributed by atoms with Crippen LogP contribution in [0, 0.1) is 23.7 Å². The van der Waals surface area contributed by atoms with E-state index in [1.807, 2.05) is 17.9 Å². The molecule has 3 aliphatic carbocycles. The Morgan fingerprint density at radius 1 is 1.35 bits per heavy atom. The van der Waals surface area contributed by atoms with Gasteiger partial charge in [-0.2, -0.15) is 5.10 Å². The number of rotatable bonds is 3. The molecule has 0 radical (unpaired) electrons. The van der Waals surface area contributed by atoms with Crippen molar-refractivity contribution in [3.05, 3.63) is 18.0 Å². The highest BCUT2D eigenvalue weighted by Crippen LogP contribution is 2.65. The maximum absolute atomic E-state index is 4.26. The van der Waals surface area contributed by atoms with Crippen LogP contribution in [0.25, 0.3) is 0 Å². The van der Waals surface area contributed by atoms with Crippen LogP contribution in [0.3, 0.4) is 0 Å². The van der Waals surface area contributed by atoms with E-state index in [1.54, 1.807) is 0 Å². The summed E-state index contributed by atoms with van der Waals surface area (Å²) in [5, 5.41) is 8.10. The molecule has 3 heteroatoms. The lowest BCUT2D eigenvalue weighted by Gasteiger charge is -2.17. The molecule has 5 atom stereocenters. The molecule has 1 aromatic heterocycles.